The van der Waals surface area contributed by atoms with Crippen molar-refractivity contribution in [2.24, 2.45) is 0 Å². The molecule has 1 aliphatic rings. The molecule has 0 spiro atoms. The van der Waals surface area contributed by atoms with E-state index in [1.54, 1.807) is 0 Å². The fraction of sp³-hybridized carbons (Fsp3) is 0.417. The molecule has 0 radical (unpaired) electrons. The number of hydrogen-bond donors (Lipinski definition) is 2. The number of nitrogens with one attached hydrogen (secondary N) is 2. The van der Waals surface area contributed by atoms with Gasteiger partial charge in [0.15, 0.2) is 0 Å². The fourth-order valence-corrected chi connectivity index (χ4v) is 2.29. The van der Waals surface area contributed by atoms with E-state index >= 15 is 0 Å². The van der Waals surface area contributed by atoms with Crippen molar-refractivity contribution in [1.82, 2.24) is 5.32 Å². The van der Waals surface area contributed by atoms with Gasteiger partial charge in [0.2, 0.25) is 5.91 Å². The molecule has 1 amide bonds. The van der Waals surface area contributed by atoms with E-state index < -0.39 is 0 Å². The van der Waals surface area contributed by atoms with E-state index in [1.165, 1.54) is 0 Å². The zero-order valence-electron chi connectivity index (χ0n) is 9.00. The van der Waals surface area contributed by atoms with E-state index in [9.17, 15) is 4.79 Å². The molecule has 0 aliphatic carbocycles. The number of halogens is 1. The Balaban J connectivity index is 2.03. The molecule has 3 nitrogen and oxygen atoms in total. The molecule has 0 bridgehead atoms. The Bertz CT molecular complexity index is 381. The van der Waals surface area contributed by atoms with Crippen LogP contribution in [0.5, 0.6) is 0 Å². The van der Waals surface area contributed by atoms with Crippen LogP contribution in [0.4, 0.5) is 5.69 Å². The summed E-state index contributed by atoms with van der Waals surface area (Å²) < 4.78 is 1.04. The van der Waals surface area contributed by atoms with Gasteiger partial charge in [0, 0.05) is 29.2 Å². The zero-order valence-corrected chi connectivity index (χ0v) is 10.6. The lowest BCUT2D eigenvalue weighted by atomic mass is 10.1. The summed E-state index contributed by atoms with van der Waals surface area (Å²) in [5.74, 6) is 0.141. The molecule has 1 aromatic rings. The lowest BCUT2D eigenvalue weighted by Gasteiger charge is -2.17. The van der Waals surface area contributed by atoms with Gasteiger partial charge in [-0.1, -0.05) is 12.1 Å². The summed E-state index contributed by atoms with van der Waals surface area (Å²) >= 11 is 3.49. The summed E-state index contributed by atoms with van der Waals surface area (Å²) in [6.07, 6.45) is 2.62. The molecule has 1 unspecified atom stereocenters. The number of carbonyl (C=O) groups is 1. The van der Waals surface area contributed by atoms with Gasteiger partial charge in [-0.25, -0.2) is 0 Å². The molecule has 0 saturated carbocycles. The van der Waals surface area contributed by atoms with Gasteiger partial charge in [0.05, 0.1) is 0 Å². The van der Waals surface area contributed by atoms with Crippen LogP contribution >= 0.6 is 15.9 Å². The maximum absolute atomic E-state index is 11.4. The van der Waals surface area contributed by atoms with Crippen molar-refractivity contribution in [3.8, 4) is 0 Å². The van der Waals surface area contributed by atoms with Crippen molar-refractivity contribution in [1.29, 1.82) is 0 Å². The number of benzene rings is 1. The molecule has 1 fully saturated rings. The number of para-hydroxylation sites is 1. The lowest BCUT2D eigenvalue weighted by Crippen LogP contribution is -2.26. The third-order valence-electron chi connectivity index (χ3n) is 2.72. The normalized spacial score (nSPS) is 21.1. The van der Waals surface area contributed by atoms with Crippen molar-refractivity contribution in [3.63, 3.8) is 0 Å². The van der Waals surface area contributed by atoms with Crippen molar-refractivity contribution in [3.05, 3.63) is 28.7 Å². The van der Waals surface area contributed by atoms with Crippen LogP contribution < -0.4 is 10.6 Å². The molecule has 16 heavy (non-hydrogen) atoms. The number of anilines is 1. The summed E-state index contributed by atoms with van der Waals surface area (Å²) in [5.41, 5.74) is 1.06. The van der Waals surface area contributed by atoms with Crippen LogP contribution in [0.25, 0.3) is 0 Å². The largest absolute Gasteiger partial charge is 0.381 e. The van der Waals surface area contributed by atoms with E-state index in [2.05, 4.69) is 26.6 Å². The minimum absolute atomic E-state index is 0.141. The van der Waals surface area contributed by atoms with Crippen LogP contribution in [-0.4, -0.2) is 18.5 Å². The van der Waals surface area contributed by atoms with Gasteiger partial charge in [-0.15, -0.1) is 0 Å². The molecule has 1 aromatic carbocycles. The van der Waals surface area contributed by atoms with E-state index in [0.29, 0.717) is 6.42 Å². The Hall–Kier alpha value is -1.03. The maximum atomic E-state index is 11.4. The second-order valence-electron chi connectivity index (χ2n) is 4.02. The number of rotatable bonds is 2. The minimum Gasteiger partial charge on any atom is -0.381 e. The van der Waals surface area contributed by atoms with Crippen molar-refractivity contribution >= 4 is 27.5 Å². The topological polar surface area (TPSA) is 41.1 Å². The van der Waals surface area contributed by atoms with Crippen LogP contribution in [-0.2, 0) is 4.79 Å². The molecule has 0 aromatic heterocycles. The standard InChI is InChI=1S/C12H15BrN2O/c13-10-5-1-2-6-11(10)15-9-4-3-7-14-12(16)8-9/h1-2,5-6,9,15H,3-4,7-8H2,(H,14,16). The summed E-state index contributed by atoms with van der Waals surface area (Å²) in [6, 6.07) is 8.23. The molecule has 1 aliphatic heterocycles. The zero-order chi connectivity index (χ0) is 11.4. The van der Waals surface area contributed by atoms with Gasteiger partial charge in [-0.3, -0.25) is 4.79 Å². The summed E-state index contributed by atoms with van der Waals surface area (Å²) in [4.78, 5) is 11.4. The van der Waals surface area contributed by atoms with Crippen molar-refractivity contribution in [2.75, 3.05) is 11.9 Å². The Kier molecular flexibility index (Phi) is 3.83. The second kappa shape index (κ2) is 5.34. The van der Waals surface area contributed by atoms with E-state index in [4.69, 9.17) is 0 Å². The molecule has 1 saturated heterocycles. The monoisotopic (exact) mass is 282 g/mol. The van der Waals surface area contributed by atoms with Crippen LogP contribution in [0.1, 0.15) is 19.3 Å². The van der Waals surface area contributed by atoms with E-state index in [1.807, 2.05) is 24.3 Å². The maximum Gasteiger partial charge on any atom is 0.222 e. The molecule has 1 atom stereocenters. The van der Waals surface area contributed by atoms with E-state index in [0.717, 1.165) is 29.5 Å². The Morgan fingerprint density at radius 3 is 3.00 bits per heavy atom. The Labute approximate surface area is 104 Å². The number of amides is 1. The quantitative estimate of drug-likeness (QED) is 0.875. The van der Waals surface area contributed by atoms with Gasteiger partial charge in [0.25, 0.3) is 0 Å². The molecule has 2 rings (SSSR count). The summed E-state index contributed by atoms with van der Waals surface area (Å²) in [7, 11) is 0. The average molecular weight is 283 g/mol. The third kappa shape index (κ3) is 2.98. The first kappa shape index (κ1) is 11.5. The highest BCUT2D eigenvalue weighted by atomic mass is 79.9. The van der Waals surface area contributed by atoms with Gasteiger partial charge < -0.3 is 10.6 Å². The minimum atomic E-state index is 0.141. The smallest absolute Gasteiger partial charge is 0.222 e. The first-order chi connectivity index (χ1) is 7.75. The fourth-order valence-electron chi connectivity index (χ4n) is 1.90. The lowest BCUT2D eigenvalue weighted by molar-refractivity contribution is -0.120. The SMILES string of the molecule is O=C1CC(Nc2ccccc2Br)CCCN1. The first-order valence-electron chi connectivity index (χ1n) is 5.53. The van der Waals surface area contributed by atoms with Gasteiger partial charge in [-0.2, -0.15) is 0 Å². The molecular formula is C12H15BrN2O. The highest BCUT2D eigenvalue weighted by Gasteiger charge is 2.17. The second-order valence-corrected chi connectivity index (χ2v) is 4.87. The van der Waals surface area contributed by atoms with Crippen LogP contribution in [0, 0.1) is 0 Å². The highest BCUT2D eigenvalue weighted by molar-refractivity contribution is 9.10. The third-order valence-corrected chi connectivity index (χ3v) is 3.41. The molecule has 4 heteroatoms. The van der Waals surface area contributed by atoms with Crippen molar-refractivity contribution < 1.29 is 4.79 Å². The Morgan fingerprint density at radius 2 is 2.19 bits per heavy atom. The number of hydrogen-bond acceptors (Lipinski definition) is 2. The molecular weight excluding hydrogens is 268 g/mol. The molecule has 2 N–H and O–H groups in total. The number of carbonyl (C=O) groups excluding carboxylic acids is 1. The Morgan fingerprint density at radius 1 is 1.38 bits per heavy atom. The van der Waals surface area contributed by atoms with Crippen LogP contribution in [0.2, 0.25) is 0 Å². The van der Waals surface area contributed by atoms with Crippen molar-refractivity contribution in [2.45, 2.75) is 25.3 Å². The average Bonchev–Trinajstić information content (AvgIpc) is 2.46. The summed E-state index contributed by atoms with van der Waals surface area (Å²) in [6.45, 7) is 0.799. The predicted molar refractivity (Wildman–Crippen MR) is 68.4 cm³/mol. The van der Waals surface area contributed by atoms with Gasteiger partial charge >= 0.3 is 0 Å². The van der Waals surface area contributed by atoms with Crippen LogP contribution in [0.3, 0.4) is 0 Å². The summed E-state index contributed by atoms with van der Waals surface area (Å²) in [5, 5.41) is 6.30. The van der Waals surface area contributed by atoms with Gasteiger partial charge in [-0.05, 0) is 40.9 Å². The predicted octanol–water partition coefficient (Wildman–Crippen LogP) is 2.53. The highest BCUT2D eigenvalue weighted by Crippen LogP contribution is 2.23. The van der Waals surface area contributed by atoms with E-state index in [-0.39, 0.29) is 11.9 Å². The first-order valence-corrected chi connectivity index (χ1v) is 6.33. The van der Waals surface area contributed by atoms with Gasteiger partial charge in [0.1, 0.15) is 0 Å². The molecule has 1 heterocycles. The molecule has 86 valence electrons. The van der Waals surface area contributed by atoms with Crippen LogP contribution in [0.15, 0.2) is 28.7 Å².